The number of halogens is 1. The van der Waals surface area contributed by atoms with E-state index in [0.717, 1.165) is 11.3 Å². The summed E-state index contributed by atoms with van der Waals surface area (Å²) < 4.78 is 14.4. The highest BCUT2D eigenvalue weighted by Gasteiger charge is 2.23. The normalized spacial score (nSPS) is 15.2. The monoisotopic (exact) mass is 411 g/mol. The van der Waals surface area contributed by atoms with Crippen LogP contribution in [0.3, 0.4) is 0 Å². The molecule has 0 spiro atoms. The van der Waals surface area contributed by atoms with Gasteiger partial charge in [0.05, 0.1) is 12.2 Å². The summed E-state index contributed by atoms with van der Waals surface area (Å²) in [6, 6.07) is 12.5. The molecule has 0 radical (unpaired) electrons. The Morgan fingerprint density at radius 2 is 1.70 bits per heavy atom. The molecule has 1 N–H and O–H groups in total. The van der Waals surface area contributed by atoms with Crippen molar-refractivity contribution in [2.75, 3.05) is 42.9 Å². The first-order chi connectivity index (χ1) is 14.1. The average molecular weight is 412 g/mol. The molecule has 1 saturated heterocycles. The highest BCUT2D eigenvalue weighted by atomic mass is 19.1. The minimum atomic E-state index is -0.382. The van der Waals surface area contributed by atoms with E-state index in [1.165, 1.54) is 13.0 Å². The molecule has 1 fully saturated rings. The molecule has 2 aromatic carbocycles. The van der Waals surface area contributed by atoms with E-state index in [4.69, 9.17) is 0 Å². The SMILES string of the molecule is CC(=O)c1ccc(N2CCN(CC(=O)Nc3ccccc3C(C)(C)C)CC2)c(F)c1. The van der Waals surface area contributed by atoms with Crippen LogP contribution in [0.2, 0.25) is 0 Å². The molecule has 0 bridgehead atoms. The Hall–Kier alpha value is -2.73. The van der Waals surface area contributed by atoms with Gasteiger partial charge in [-0.3, -0.25) is 14.5 Å². The van der Waals surface area contributed by atoms with E-state index in [1.807, 2.05) is 29.2 Å². The number of nitrogens with one attached hydrogen (secondary N) is 1. The summed E-state index contributed by atoms with van der Waals surface area (Å²) >= 11 is 0. The van der Waals surface area contributed by atoms with Gasteiger partial charge in [0.2, 0.25) is 5.91 Å². The van der Waals surface area contributed by atoms with E-state index in [2.05, 4.69) is 31.0 Å². The van der Waals surface area contributed by atoms with E-state index in [-0.39, 0.29) is 22.9 Å². The molecule has 3 rings (SSSR count). The Bertz CT molecular complexity index is 928. The van der Waals surface area contributed by atoms with Crippen molar-refractivity contribution in [3.63, 3.8) is 0 Å². The number of rotatable bonds is 5. The standard InChI is InChI=1S/C24H30FN3O2/c1-17(29)18-9-10-22(20(25)15-18)28-13-11-27(12-14-28)16-23(30)26-21-8-6-5-7-19(21)24(2,3)4/h5-10,15H,11-14,16H2,1-4H3,(H,26,30). The first-order valence-corrected chi connectivity index (χ1v) is 10.3. The highest BCUT2D eigenvalue weighted by molar-refractivity contribution is 5.94. The first kappa shape index (κ1) is 22.0. The molecule has 6 heteroatoms. The Kier molecular flexibility index (Phi) is 6.56. The summed E-state index contributed by atoms with van der Waals surface area (Å²) in [4.78, 5) is 28.1. The number of carbonyl (C=O) groups excluding carboxylic acids is 2. The van der Waals surface area contributed by atoms with Crippen LogP contribution in [0.25, 0.3) is 0 Å². The van der Waals surface area contributed by atoms with Crippen LogP contribution in [0.15, 0.2) is 42.5 Å². The molecular weight excluding hydrogens is 381 g/mol. The average Bonchev–Trinajstić information content (AvgIpc) is 2.68. The summed E-state index contributed by atoms with van der Waals surface area (Å²) in [6.45, 7) is 10.7. The third-order valence-corrected chi connectivity index (χ3v) is 5.44. The molecule has 5 nitrogen and oxygen atoms in total. The fourth-order valence-corrected chi connectivity index (χ4v) is 3.77. The van der Waals surface area contributed by atoms with Crippen molar-refractivity contribution in [2.45, 2.75) is 33.1 Å². The molecule has 0 aliphatic carbocycles. The zero-order valence-electron chi connectivity index (χ0n) is 18.2. The van der Waals surface area contributed by atoms with Crippen LogP contribution in [0.5, 0.6) is 0 Å². The van der Waals surface area contributed by atoms with Gasteiger partial charge in [0.15, 0.2) is 5.78 Å². The van der Waals surface area contributed by atoms with E-state index in [0.29, 0.717) is 44.0 Å². The molecule has 2 aromatic rings. The molecular formula is C24H30FN3O2. The van der Waals surface area contributed by atoms with Crippen molar-refractivity contribution >= 4 is 23.1 Å². The number of amides is 1. The fourth-order valence-electron chi connectivity index (χ4n) is 3.77. The van der Waals surface area contributed by atoms with Crippen LogP contribution in [0, 0.1) is 5.82 Å². The second-order valence-electron chi connectivity index (χ2n) is 8.83. The number of hydrogen-bond donors (Lipinski definition) is 1. The van der Waals surface area contributed by atoms with Gasteiger partial charge in [0.1, 0.15) is 5.82 Å². The van der Waals surface area contributed by atoms with E-state index in [9.17, 15) is 14.0 Å². The lowest BCUT2D eigenvalue weighted by Gasteiger charge is -2.36. The Balaban J connectivity index is 1.57. The number of ketones is 1. The molecule has 1 aliphatic heterocycles. The number of Topliss-reactive ketones (excluding diaryl/α,β-unsaturated/α-hetero) is 1. The quantitative estimate of drug-likeness (QED) is 0.753. The maximum absolute atomic E-state index is 14.4. The number of carbonyl (C=O) groups is 2. The Morgan fingerprint density at radius 3 is 2.30 bits per heavy atom. The largest absolute Gasteiger partial charge is 0.367 e. The Morgan fingerprint density at radius 1 is 1.03 bits per heavy atom. The molecule has 0 atom stereocenters. The molecule has 160 valence electrons. The summed E-state index contributed by atoms with van der Waals surface area (Å²) in [5.74, 6) is -0.575. The zero-order chi connectivity index (χ0) is 21.9. The Labute approximate surface area is 177 Å². The van der Waals surface area contributed by atoms with Crippen LogP contribution in [0.4, 0.5) is 15.8 Å². The number of hydrogen-bond acceptors (Lipinski definition) is 4. The van der Waals surface area contributed by atoms with Crippen molar-refractivity contribution in [1.82, 2.24) is 4.90 Å². The summed E-state index contributed by atoms with van der Waals surface area (Å²) in [5.41, 5.74) is 2.77. The van der Waals surface area contributed by atoms with Crippen LogP contribution in [-0.2, 0) is 10.2 Å². The van der Waals surface area contributed by atoms with Crippen molar-refractivity contribution in [2.24, 2.45) is 0 Å². The number of anilines is 2. The lowest BCUT2D eigenvalue weighted by Crippen LogP contribution is -2.49. The number of benzene rings is 2. The topological polar surface area (TPSA) is 52.7 Å². The molecule has 1 heterocycles. The first-order valence-electron chi connectivity index (χ1n) is 10.3. The lowest BCUT2D eigenvalue weighted by atomic mass is 9.86. The van der Waals surface area contributed by atoms with Crippen LogP contribution in [-0.4, -0.2) is 49.3 Å². The predicted octanol–water partition coefficient (Wildman–Crippen LogP) is 4.09. The second kappa shape index (κ2) is 8.96. The molecule has 0 saturated carbocycles. The van der Waals surface area contributed by atoms with Crippen molar-refractivity contribution in [1.29, 1.82) is 0 Å². The van der Waals surface area contributed by atoms with Crippen LogP contribution in [0.1, 0.15) is 43.6 Å². The smallest absolute Gasteiger partial charge is 0.238 e. The maximum atomic E-state index is 14.4. The van der Waals surface area contributed by atoms with Gasteiger partial charge in [0, 0.05) is 37.4 Å². The van der Waals surface area contributed by atoms with Crippen molar-refractivity contribution < 1.29 is 14.0 Å². The number of piperazine rings is 1. The van der Waals surface area contributed by atoms with Gasteiger partial charge in [-0.05, 0) is 42.2 Å². The van der Waals surface area contributed by atoms with Gasteiger partial charge in [-0.2, -0.15) is 0 Å². The zero-order valence-corrected chi connectivity index (χ0v) is 18.2. The fraction of sp³-hybridized carbons (Fsp3) is 0.417. The molecule has 1 amide bonds. The van der Waals surface area contributed by atoms with Gasteiger partial charge >= 0.3 is 0 Å². The summed E-state index contributed by atoms with van der Waals surface area (Å²) in [6.07, 6.45) is 0. The third kappa shape index (κ3) is 5.25. The summed E-state index contributed by atoms with van der Waals surface area (Å²) in [5, 5.41) is 3.05. The van der Waals surface area contributed by atoms with Crippen molar-refractivity contribution in [3.8, 4) is 0 Å². The van der Waals surface area contributed by atoms with E-state index < -0.39 is 0 Å². The molecule has 0 unspecified atom stereocenters. The maximum Gasteiger partial charge on any atom is 0.238 e. The molecule has 30 heavy (non-hydrogen) atoms. The highest BCUT2D eigenvalue weighted by Crippen LogP contribution is 2.29. The predicted molar refractivity (Wildman–Crippen MR) is 119 cm³/mol. The second-order valence-corrected chi connectivity index (χ2v) is 8.83. The summed E-state index contributed by atoms with van der Waals surface area (Å²) in [7, 11) is 0. The van der Waals surface area contributed by atoms with Crippen LogP contribution >= 0.6 is 0 Å². The molecule has 0 aromatic heterocycles. The third-order valence-electron chi connectivity index (χ3n) is 5.44. The van der Waals surface area contributed by atoms with Gasteiger partial charge in [0.25, 0.3) is 0 Å². The minimum Gasteiger partial charge on any atom is -0.367 e. The van der Waals surface area contributed by atoms with Gasteiger partial charge < -0.3 is 10.2 Å². The van der Waals surface area contributed by atoms with E-state index in [1.54, 1.807) is 12.1 Å². The van der Waals surface area contributed by atoms with Gasteiger partial charge in [-0.15, -0.1) is 0 Å². The number of para-hydroxylation sites is 1. The molecule has 1 aliphatic rings. The van der Waals surface area contributed by atoms with Gasteiger partial charge in [-0.25, -0.2) is 4.39 Å². The lowest BCUT2D eigenvalue weighted by molar-refractivity contribution is -0.117. The minimum absolute atomic E-state index is 0.0443. The van der Waals surface area contributed by atoms with Crippen molar-refractivity contribution in [3.05, 3.63) is 59.4 Å². The van der Waals surface area contributed by atoms with E-state index >= 15 is 0 Å². The number of nitrogens with zero attached hydrogens (tertiary/aromatic N) is 2. The van der Waals surface area contributed by atoms with Gasteiger partial charge in [-0.1, -0.05) is 39.0 Å². The van der Waals surface area contributed by atoms with Crippen LogP contribution < -0.4 is 10.2 Å².